The number of rotatable bonds is 10. The van der Waals surface area contributed by atoms with Gasteiger partial charge in [0, 0.05) is 54.5 Å². The third-order valence-electron chi connectivity index (χ3n) is 8.85. The number of aliphatic hydroxyl groups excluding tert-OH is 1. The van der Waals surface area contributed by atoms with Crippen molar-refractivity contribution in [2.45, 2.75) is 102 Å². The van der Waals surface area contributed by atoms with Crippen LogP contribution in [0.4, 0.5) is 0 Å². The Balaban J connectivity index is 1.20. The molecule has 0 bridgehead atoms. The molecule has 6 rings (SSSR count). The summed E-state index contributed by atoms with van der Waals surface area (Å²) in [7, 11) is 0. The Morgan fingerprint density at radius 3 is 2.74 bits per heavy atom. The Morgan fingerprint density at radius 2 is 2.05 bits per heavy atom. The van der Waals surface area contributed by atoms with E-state index in [-0.39, 0.29) is 23.0 Å². The van der Waals surface area contributed by atoms with Crippen LogP contribution in [-0.4, -0.2) is 58.0 Å². The Hall–Kier alpha value is -2.85. The van der Waals surface area contributed by atoms with Gasteiger partial charge in [0.05, 0.1) is 12.1 Å². The van der Waals surface area contributed by atoms with Gasteiger partial charge in [0.25, 0.3) is 0 Å². The van der Waals surface area contributed by atoms with E-state index in [1.807, 2.05) is 29.8 Å². The van der Waals surface area contributed by atoms with Crippen LogP contribution in [0.25, 0.3) is 10.6 Å². The third kappa shape index (κ3) is 7.28. The summed E-state index contributed by atoms with van der Waals surface area (Å²) in [6.45, 7) is 7.62. The Bertz CT molecular complexity index is 1400. The van der Waals surface area contributed by atoms with Crippen molar-refractivity contribution in [1.29, 1.82) is 0 Å². The fourth-order valence-electron chi connectivity index (χ4n) is 6.55. The van der Waals surface area contributed by atoms with Crippen LogP contribution in [-0.2, 0) is 22.4 Å². The van der Waals surface area contributed by atoms with E-state index in [0.29, 0.717) is 31.9 Å². The second kappa shape index (κ2) is 12.6. The summed E-state index contributed by atoms with van der Waals surface area (Å²) in [6.07, 6.45) is 9.51. The molecule has 4 atom stereocenters. The van der Waals surface area contributed by atoms with E-state index in [4.69, 9.17) is 14.5 Å². The van der Waals surface area contributed by atoms with Crippen molar-refractivity contribution < 1.29 is 19.4 Å². The van der Waals surface area contributed by atoms with E-state index < -0.39 is 18.2 Å². The molecule has 3 N–H and O–H groups in total. The number of ether oxygens (including phenoxy) is 2. The van der Waals surface area contributed by atoms with E-state index in [1.54, 1.807) is 17.5 Å². The largest absolute Gasteiger partial charge is 0.471 e. The molecule has 9 heteroatoms. The van der Waals surface area contributed by atoms with Gasteiger partial charge in [0.15, 0.2) is 0 Å². The highest BCUT2D eigenvalue weighted by atomic mass is 32.1. The van der Waals surface area contributed by atoms with Crippen molar-refractivity contribution in [3.63, 3.8) is 0 Å². The van der Waals surface area contributed by atoms with Crippen LogP contribution in [0.5, 0.6) is 5.88 Å². The first kappa shape index (κ1) is 30.2. The van der Waals surface area contributed by atoms with Crippen molar-refractivity contribution in [2.75, 3.05) is 13.2 Å². The number of amides is 1. The summed E-state index contributed by atoms with van der Waals surface area (Å²) in [5.74, 6) is 0.552. The third-order valence-corrected chi connectivity index (χ3v) is 9.67. The van der Waals surface area contributed by atoms with Crippen molar-refractivity contribution in [3.8, 4) is 16.5 Å². The Kier molecular flexibility index (Phi) is 8.87. The molecule has 3 aromatic rings. The minimum atomic E-state index is -0.816. The van der Waals surface area contributed by atoms with Crippen molar-refractivity contribution in [1.82, 2.24) is 20.6 Å². The molecule has 230 valence electrons. The van der Waals surface area contributed by atoms with Crippen LogP contribution in [0.1, 0.15) is 82.0 Å². The number of pyridine rings is 1. The summed E-state index contributed by atoms with van der Waals surface area (Å²) in [6, 6.07) is 9.94. The van der Waals surface area contributed by atoms with E-state index in [2.05, 4.69) is 48.5 Å². The van der Waals surface area contributed by atoms with Gasteiger partial charge in [-0.25, -0.2) is 9.97 Å². The van der Waals surface area contributed by atoms with Gasteiger partial charge in [-0.3, -0.25) is 4.79 Å². The molecule has 43 heavy (non-hydrogen) atoms. The molecule has 1 spiro atoms. The minimum absolute atomic E-state index is 0.00821. The van der Waals surface area contributed by atoms with Gasteiger partial charge >= 0.3 is 0 Å². The van der Waals surface area contributed by atoms with Gasteiger partial charge in [0.2, 0.25) is 11.8 Å². The number of aromatic nitrogens is 2. The maximum atomic E-state index is 13.2. The minimum Gasteiger partial charge on any atom is -0.471 e. The van der Waals surface area contributed by atoms with Gasteiger partial charge < -0.3 is 25.2 Å². The number of benzene rings is 1. The summed E-state index contributed by atoms with van der Waals surface area (Å²) in [4.78, 5) is 22.4. The van der Waals surface area contributed by atoms with Gasteiger partial charge in [-0.2, -0.15) is 0 Å². The lowest BCUT2D eigenvalue weighted by Gasteiger charge is -2.47. The number of carbonyl (C=O) groups excluding carboxylic acids is 1. The molecule has 0 unspecified atom stereocenters. The van der Waals surface area contributed by atoms with Crippen LogP contribution in [0.3, 0.4) is 0 Å². The van der Waals surface area contributed by atoms with E-state index >= 15 is 0 Å². The lowest BCUT2D eigenvalue weighted by molar-refractivity contribution is -0.131. The maximum absolute atomic E-state index is 13.2. The zero-order valence-electron chi connectivity index (χ0n) is 25.5. The predicted octanol–water partition coefficient (Wildman–Crippen LogP) is 5.40. The molecule has 1 aromatic carbocycles. The Labute approximate surface area is 258 Å². The lowest BCUT2D eigenvalue weighted by atomic mass is 9.73. The van der Waals surface area contributed by atoms with Gasteiger partial charge in [0.1, 0.15) is 16.7 Å². The van der Waals surface area contributed by atoms with Crippen molar-refractivity contribution >= 4 is 17.2 Å². The summed E-state index contributed by atoms with van der Waals surface area (Å²) in [5, 5.41) is 21.4. The molecule has 8 nitrogen and oxygen atoms in total. The van der Waals surface area contributed by atoms with Gasteiger partial charge in [-0.15, -0.1) is 11.3 Å². The zero-order chi connectivity index (χ0) is 30.0. The number of nitrogens with zero attached hydrogens (tertiary/aromatic N) is 2. The predicted molar refractivity (Wildman–Crippen MR) is 168 cm³/mol. The van der Waals surface area contributed by atoms with Crippen molar-refractivity contribution in [2.24, 2.45) is 5.41 Å². The summed E-state index contributed by atoms with van der Waals surface area (Å²) in [5.41, 5.74) is 4.28. The smallest absolute Gasteiger partial charge is 0.249 e. The molecule has 2 aromatic heterocycles. The monoisotopic (exact) mass is 604 g/mol. The van der Waals surface area contributed by atoms with Crippen LogP contribution in [0.15, 0.2) is 48.1 Å². The number of fused-ring (bicyclic) bond motifs is 1. The molecular formula is C34H44N4O4S. The topological polar surface area (TPSA) is 106 Å². The van der Waals surface area contributed by atoms with Gasteiger partial charge in [-0.05, 0) is 73.6 Å². The molecule has 1 aliphatic carbocycles. The molecule has 1 saturated carbocycles. The maximum Gasteiger partial charge on any atom is 0.249 e. The zero-order valence-corrected chi connectivity index (χ0v) is 26.3. The number of hydrogen-bond acceptors (Lipinski definition) is 8. The molecule has 1 amide bonds. The average Bonchev–Trinajstić information content (AvgIpc) is 3.69. The lowest BCUT2D eigenvalue weighted by Crippen LogP contribution is -2.53. The highest BCUT2D eigenvalue weighted by molar-refractivity contribution is 7.13. The quantitative estimate of drug-likeness (QED) is 0.285. The highest BCUT2D eigenvalue weighted by Crippen LogP contribution is 2.48. The molecule has 4 heterocycles. The van der Waals surface area contributed by atoms with Crippen LogP contribution < -0.4 is 15.4 Å². The number of carbonyl (C=O) groups is 1. The standard InChI is InChI=1S/C34H44N4O4S/c1-33(2,3)18-23-16-25-27(19-34(10-6-11-34)42-31(25)37-20-23)36-21-28(39)26(38-30(40)29-9-5-13-41-29)17-22-7-4-8-24(15-22)32-35-12-14-43-32/h4,7-8,12,14-16,20,26-29,36,39H,5-6,9-11,13,17-19,21H2,1-3H3,(H,38,40)/t26-,27-,28-,29+/m0/s1. The van der Waals surface area contributed by atoms with E-state index in [9.17, 15) is 9.90 Å². The first-order chi connectivity index (χ1) is 20.7. The molecule has 2 fully saturated rings. The number of aliphatic hydroxyl groups is 1. The highest BCUT2D eigenvalue weighted by Gasteiger charge is 2.46. The fraction of sp³-hybridized carbons (Fsp3) is 0.559. The second-order valence-electron chi connectivity index (χ2n) is 13.7. The van der Waals surface area contributed by atoms with Crippen LogP contribution in [0, 0.1) is 5.41 Å². The average molecular weight is 605 g/mol. The number of thiazole rings is 1. The fourth-order valence-corrected chi connectivity index (χ4v) is 7.18. The first-order valence-corrected chi connectivity index (χ1v) is 16.5. The molecule has 2 aliphatic heterocycles. The molecule has 3 aliphatic rings. The normalized spacial score (nSPS) is 22.3. The van der Waals surface area contributed by atoms with Gasteiger partial charge in [-0.1, -0.05) is 39.0 Å². The molecule has 1 saturated heterocycles. The van der Waals surface area contributed by atoms with Crippen LogP contribution in [0.2, 0.25) is 0 Å². The number of hydrogen-bond donors (Lipinski definition) is 3. The summed E-state index contributed by atoms with van der Waals surface area (Å²) < 4.78 is 12.1. The van der Waals surface area contributed by atoms with E-state index in [0.717, 1.165) is 60.2 Å². The number of nitrogens with one attached hydrogen (secondary N) is 2. The van der Waals surface area contributed by atoms with Crippen LogP contribution >= 0.6 is 11.3 Å². The molecular weight excluding hydrogens is 560 g/mol. The summed E-state index contributed by atoms with van der Waals surface area (Å²) >= 11 is 1.59. The SMILES string of the molecule is CC(C)(C)Cc1cnc2c(c1)[C@@H](NC[C@H](O)[C@H](Cc1cccc(-c3nccs3)c1)NC(=O)[C@H]1CCCO1)CC1(CCC1)O2. The molecule has 0 radical (unpaired) electrons. The van der Waals surface area contributed by atoms with Crippen molar-refractivity contribution in [3.05, 3.63) is 64.8 Å². The second-order valence-corrected chi connectivity index (χ2v) is 14.6. The Morgan fingerprint density at radius 1 is 1.19 bits per heavy atom. The first-order valence-electron chi connectivity index (χ1n) is 15.7. The van der Waals surface area contributed by atoms with E-state index in [1.165, 1.54) is 5.56 Å².